The summed E-state index contributed by atoms with van der Waals surface area (Å²) in [6.45, 7) is 4.23. The third-order valence-corrected chi connectivity index (χ3v) is 3.03. The zero-order valence-electron chi connectivity index (χ0n) is 10.8. The van der Waals surface area contributed by atoms with Gasteiger partial charge < -0.3 is 10.1 Å². The van der Waals surface area contributed by atoms with Gasteiger partial charge in [0.1, 0.15) is 0 Å². The zero-order valence-corrected chi connectivity index (χ0v) is 10.8. The van der Waals surface area contributed by atoms with Crippen molar-refractivity contribution in [2.75, 3.05) is 14.2 Å². The standard InChI is InChI=1S/C14H23NO/c1-11-5-7-13(8-6-11)10-14(15-3)9-12(2)16-4/h5-8,12,14-15H,9-10H2,1-4H3. The van der Waals surface area contributed by atoms with Gasteiger partial charge in [0.15, 0.2) is 0 Å². The van der Waals surface area contributed by atoms with Crippen LogP contribution in [-0.4, -0.2) is 26.3 Å². The van der Waals surface area contributed by atoms with Gasteiger partial charge in [-0.25, -0.2) is 0 Å². The number of benzene rings is 1. The summed E-state index contributed by atoms with van der Waals surface area (Å²) >= 11 is 0. The lowest BCUT2D eigenvalue weighted by Crippen LogP contribution is -2.31. The summed E-state index contributed by atoms with van der Waals surface area (Å²) < 4.78 is 5.30. The average molecular weight is 221 g/mol. The second-order valence-electron chi connectivity index (χ2n) is 4.46. The van der Waals surface area contributed by atoms with Gasteiger partial charge in [0.05, 0.1) is 6.10 Å². The number of nitrogens with one attached hydrogen (secondary N) is 1. The van der Waals surface area contributed by atoms with Crippen LogP contribution in [0.25, 0.3) is 0 Å². The maximum atomic E-state index is 5.30. The van der Waals surface area contributed by atoms with Gasteiger partial charge in [-0.1, -0.05) is 29.8 Å². The van der Waals surface area contributed by atoms with Gasteiger partial charge in [-0.05, 0) is 39.3 Å². The third-order valence-electron chi connectivity index (χ3n) is 3.03. The maximum absolute atomic E-state index is 5.30. The van der Waals surface area contributed by atoms with Crippen LogP contribution in [0.5, 0.6) is 0 Å². The lowest BCUT2D eigenvalue weighted by atomic mass is 10.0. The molecule has 1 N–H and O–H groups in total. The molecule has 1 aromatic carbocycles. The van der Waals surface area contributed by atoms with Crippen molar-refractivity contribution in [2.24, 2.45) is 0 Å². The summed E-state index contributed by atoms with van der Waals surface area (Å²) in [5, 5.41) is 3.35. The average Bonchev–Trinajstić information content (AvgIpc) is 2.30. The molecular weight excluding hydrogens is 198 g/mol. The molecule has 0 spiro atoms. The molecule has 0 aliphatic rings. The molecule has 0 bridgehead atoms. The third kappa shape index (κ3) is 4.33. The molecule has 1 rings (SSSR count). The van der Waals surface area contributed by atoms with E-state index in [1.165, 1.54) is 11.1 Å². The molecular formula is C14H23NO. The first-order chi connectivity index (χ1) is 7.65. The minimum Gasteiger partial charge on any atom is -0.382 e. The van der Waals surface area contributed by atoms with Crippen molar-refractivity contribution in [1.29, 1.82) is 0 Å². The highest BCUT2D eigenvalue weighted by Crippen LogP contribution is 2.10. The van der Waals surface area contributed by atoms with Gasteiger partial charge in [-0.2, -0.15) is 0 Å². The normalized spacial score (nSPS) is 14.8. The lowest BCUT2D eigenvalue weighted by Gasteiger charge is -2.19. The Hall–Kier alpha value is -0.860. The monoisotopic (exact) mass is 221 g/mol. The van der Waals surface area contributed by atoms with Crippen molar-refractivity contribution in [3.8, 4) is 0 Å². The van der Waals surface area contributed by atoms with E-state index in [1.807, 2.05) is 7.05 Å². The predicted octanol–water partition coefficient (Wildman–Crippen LogP) is 2.55. The molecule has 1 aromatic rings. The van der Waals surface area contributed by atoms with E-state index < -0.39 is 0 Å². The fourth-order valence-corrected chi connectivity index (χ4v) is 1.81. The summed E-state index contributed by atoms with van der Waals surface area (Å²) in [5.41, 5.74) is 2.70. The van der Waals surface area contributed by atoms with E-state index in [0.29, 0.717) is 12.1 Å². The first kappa shape index (κ1) is 13.2. The highest BCUT2D eigenvalue weighted by Gasteiger charge is 2.11. The maximum Gasteiger partial charge on any atom is 0.0558 e. The highest BCUT2D eigenvalue weighted by atomic mass is 16.5. The van der Waals surface area contributed by atoms with Crippen LogP contribution in [0.15, 0.2) is 24.3 Å². The SMILES string of the molecule is CNC(Cc1ccc(C)cc1)CC(C)OC. The van der Waals surface area contributed by atoms with Crippen LogP contribution in [-0.2, 0) is 11.2 Å². The van der Waals surface area contributed by atoms with E-state index in [4.69, 9.17) is 4.74 Å². The largest absolute Gasteiger partial charge is 0.382 e. The Balaban J connectivity index is 2.52. The van der Waals surface area contributed by atoms with Crippen LogP contribution < -0.4 is 5.32 Å². The molecule has 0 aliphatic heterocycles. The van der Waals surface area contributed by atoms with Crippen LogP contribution in [0.1, 0.15) is 24.5 Å². The number of likely N-dealkylation sites (N-methyl/N-ethyl adjacent to an activating group) is 1. The fraction of sp³-hybridized carbons (Fsp3) is 0.571. The molecule has 2 nitrogen and oxygen atoms in total. The number of aryl methyl sites for hydroxylation is 1. The second kappa shape index (κ2) is 6.66. The van der Waals surface area contributed by atoms with Crippen LogP contribution in [0.2, 0.25) is 0 Å². The minimum absolute atomic E-state index is 0.308. The first-order valence-corrected chi connectivity index (χ1v) is 5.91. The van der Waals surface area contributed by atoms with Gasteiger partial charge in [0, 0.05) is 13.2 Å². The lowest BCUT2D eigenvalue weighted by molar-refractivity contribution is 0.101. The van der Waals surface area contributed by atoms with E-state index >= 15 is 0 Å². The molecule has 2 heteroatoms. The van der Waals surface area contributed by atoms with Gasteiger partial charge in [0.25, 0.3) is 0 Å². The van der Waals surface area contributed by atoms with Crippen LogP contribution in [0, 0.1) is 6.92 Å². The first-order valence-electron chi connectivity index (χ1n) is 5.91. The highest BCUT2D eigenvalue weighted by molar-refractivity contribution is 5.22. The summed E-state index contributed by atoms with van der Waals surface area (Å²) in [4.78, 5) is 0. The smallest absolute Gasteiger partial charge is 0.0558 e. The van der Waals surface area contributed by atoms with Crippen LogP contribution in [0.3, 0.4) is 0 Å². The van der Waals surface area contributed by atoms with Crippen molar-refractivity contribution in [1.82, 2.24) is 5.32 Å². The Kier molecular flexibility index (Phi) is 5.50. The number of hydrogen-bond acceptors (Lipinski definition) is 2. The van der Waals surface area contributed by atoms with Crippen molar-refractivity contribution >= 4 is 0 Å². The zero-order chi connectivity index (χ0) is 12.0. The van der Waals surface area contributed by atoms with E-state index in [2.05, 4.69) is 43.4 Å². The molecule has 2 atom stereocenters. The molecule has 16 heavy (non-hydrogen) atoms. The number of ether oxygens (including phenoxy) is 1. The van der Waals surface area contributed by atoms with E-state index in [-0.39, 0.29) is 0 Å². The van der Waals surface area contributed by atoms with Gasteiger partial charge in [-0.15, -0.1) is 0 Å². The molecule has 0 saturated heterocycles. The molecule has 0 radical (unpaired) electrons. The molecule has 0 fully saturated rings. The summed E-state index contributed by atoms with van der Waals surface area (Å²) in [6.07, 6.45) is 2.41. The molecule has 0 saturated carbocycles. The number of hydrogen-bond donors (Lipinski definition) is 1. The molecule has 0 heterocycles. The topological polar surface area (TPSA) is 21.3 Å². The summed E-state index contributed by atoms with van der Waals surface area (Å²) in [5.74, 6) is 0. The van der Waals surface area contributed by atoms with Gasteiger partial charge >= 0.3 is 0 Å². The van der Waals surface area contributed by atoms with E-state index in [0.717, 1.165) is 12.8 Å². The van der Waals surface area contributed by atoms with Crippen molar-refractivity contribution in [2.45, 2.75) is 38.8 Å². The minimum atomic E-state index is 0.308. The summed E-state index contributed by atoms with van der Waals surface area (Å²) in [7, 11) is 3.78. The predicted molar refractivity (Wildman–Crippen MR) is 68.8 cm³/mol. The van der Waals surface area contributed by atoms with E-state index in [1.54, 1.807) is 7.11 Å². The molecule has 0 amide bonds. The fourth-order valence-electron chi connectivity index (χ4n) is 1.81. The van der Waals surface area contributed by atoms with E-state index in [9.17, 15) is 0 Å². The van der Waals surface area contributed by atoms with Crippen molar-refractivity contribution < 1.29 is 4.74 Å². The molecule has 0 aromatic heterocycles. The van der Waals surface area contributed by atoms with Gasteiger partial charge in [0.2, 0.25) is 0 Å². The van der Waals surface area contributed by atoms with Crippen LogP contribution in [0.4, 0.5) is 0 Å². The Morgan fingerprint density at radius 1 is 1.25 bits per heavy atom. The quantitative estimate of drug-likeness (QED) is 0.797. The van der Waals surface area contributed by atoms with Crippen molar-refractivity contribution in [3.63, 3.8) is 0 Å². The summed E-state index contributed by atoms with van der Waals surface area (Å²) in [6, 6.07) is 9.23. The molecule has 0 aliphatic carbocycles. The second-order valence-corrected chi connectivity index (χ2v) is 4.46. The Morgan fingerprint density at radius 2 is 1.88 bits per heavy atom. The number of rotatable bonds is 6. The van der Waals surface area contributed by atoms with Gasteiger partial charge in [-0.3, -0.25) is 0 Å². The molecule has 90 valence electrons. The van der Waals surface area contributed by atoms with Crippen molar-refractivity contribution in [3.05, 3.63) is 35.4 Å². The molecule has 2 unspecified atom stereocenters. The Labute approximate surface area is 99.0 Å². The number of methoxy groups -OCH3 is 1. The Morgan fingerprint density at radius 3 is 2.38 bits per heavy atom. The van der Waals surface area contributed by atoms with Crippen LogP contribution >= 0.6 is 0 Å². The Bertz CT molecular complexity index is 294.